The van der Waals surface area contributed by atoms with E-state index in [1.165, 1.54) is 6.33 Å². The van der Waals surface area contributed by atoms with Crippen LogP contribution in [-0.2, 0) is 0 Å². The van der Waals surface area contributed by atoms with Crippen LogP contribution in [0.25, 0.3) is 0 Å². The molecule has 0 aliphatic heterocycles. The fourth-order valence-electron chi connectivity index (χ4n) is 0.920. The molecule has 0 aromatic carbocycles. The van der Waals surface area contributed by atoms with Gasteiger partial charge in [0.2, 0.25) is 11.9 Å². The molecule has 0 saturated carbocycles. The number of hydrogen-bond donors (Lipinski definition) is 2. The number of nitrogens with one attached hydrogen (secondary N) is 1. The number of nitrogens with zero attached hydrogens (tertiary/aromatic N) is 4. The Morgan fingerprint density at radius 3 is 2.79 bits per heavy atom. The highest BCUT2D eigenvalue weighted by Gasteiger charge is 1.97. The van der Waals surface area contributed by atoms with Crippen LogP contribution in [0.5, 0.6) is 0 Å². The smallest absolute Gasteiger partial charge is 0.233 e. The molecule has 0 aliphatic rings. The van der Waals surface area contributed by atoms with E-state index >= 15 is 0 Å². The van der Waals surface area contributed by atoms with Crippen LogP contribution >= 0.6 is 0 Å². The van der Waals surface area contributed by atoms with Crippen molar-refractivity contribution in [3.63, 3.8) is 0 Å². The van der Waals surface area contributed by atoms with Gasteiger partial charge in [-0.25, -0.2) is 15.0 Å². The molecule has 6 heteroatoms. The fourth-order valence-corrected chi connectivity index (χ4v) is 0.920. The molecule has 0 atom stereocenters. The van der Waals surface area contributed by atoms with Gasteiger partial charge in [0.25, 0.3) is 0 Å². The molecule has 2 aromatic heterocycles. The molecule has 0 fully saturated rings. The van der Waals surface area contributed by atoms with Crippen molar-refractivity contribution in [1.82, 2.24) is 19.9 Å². The van der Waals surface area contributed by atoms with E-state index in [1.807, 2.05) is 12.1 Å². The van der Waals surface area contributed by atoms with Gasteiger partial charge >= 0.3 is 0 Å². The van der Waals surface area contributed by atoms with E-state index in [1.54, 1.807) is 12.3 Å². The molecule has 0 bridgehead atoms. The third-order valence-corrected chi connectivity index (χ3v) is 1.50. The van der Waals surface area contributed by atoms with Gasteiger partial charge in [0.05, 0.1) is 0 Å². The highest BCUT2D eigenvalue weighted by molar-refractivity contribution is 5.47. The van der Waals surface area contributed by atoms with E-state index in [2.05, 4.69) is 25.3 Å². The standard InChI is InChI=1S/C8H8N6/c9-7-11-5-12-8(14-7)13-6-3-1-2-4-10-6/h1-5H,(H3,9,10,11,12,13,14). The van der Waals surface area contributed by atoms with E-state index in [0.717, 1.165) is 0 Å². The third-order valence-electron chi connectivity index (χ3n) is 1.50. The number of nitrogens with two attached hydrogens (primary N) is 1. The summed E-state index contributed by atoms with van der Waals surface area (Å²) in [6.45, 7) is 0. The monoisotopic (exact) mass is 188 g/mol. The molecular formula is C8H8N6. The molecule has 70 valence electrons. The SMILES string of the molecule is Nc1ncnc(Nc2ccccn2)n1. The largest absolute Gasteiger partial charge is 0.368 e. The Morgan fingerprint density at radius 1 is 1.14 bits per heavy atom. The summed E-state index contributed by atoms with van der Waals surface area (Å²) in [4.78, 5) is 15.5. The van der Waals surface area contributed by atoms with Crippen molar-refractivity contribution in [2.45, 2.75) is 0 Å². The molecule has 14 heavy (non-hydrogen) atoms. The predicted octanol–water partition coefficient (Wildman–Crippen LogP) is 0.592. The van der Waals surface area contributed by atoms with Crippen LogP contribution in [0.4, 0.5) is 17.7 Å². The summed E-state index contributed by atoms with van der Waals surface area (Å²) in [5, 5.41) is 2.89. The maximum Gasteiger partial charge on any atom is 0.233 e. The molecule has 2 rings (SSSR count). The summed E-state index contributed by atoms with van der Waals surface area (Å²) < 4.78 is 0. The zero-order chi connectivity index (χ0) is 9.80. The van der Waals surface area contributed by atoms with E-state index in [9.17, 15) is 0 Å². The first-order valence-electron chi connectivity index (χ1n) is 3.97. The second-order valence-corrected chi connectivity index (χ2v) is 2.51. The van der Waals surface area contributed by atoms with Gasteiger partial charge < -0.3 is 11.1 Å². The lowest BCUT2D eigenvalue weighted by atomic mass is 10.5. The Balaban J connectivity index is 2.19. The van der Waals surface area contributed by atoms with Crippen LogP contribution in [0.2, 0.25) is 0 Å². The first-order chi connectivity index (χ1) is 6.84. The van der Waals surface area contributed by atoms with Crippen LogP contribution in [0.1, 0.15) is 0 Å². The molecule has 0 spiro atoms. The molecule has 0 unspecified atom stereocenters. The van der Waals surface area contributed by atoms with Gasteiger partial charge in [-0.2, -0.15) is 4.98 Å². The highest BCUT2D eigenvalue weighted by atomic mass is 15.2. The van der Waals surface area contributed by atoms with E-state index < -0.39 is 0 Å². The van der Waals surface area contributed by atoms with Crippen molar-refractivity contribution in [1.29, 1.82) is 0 Å². The van der Waals surface area contributed by atoms with Gasteiger partial charge in [0.15, 0.2) is 0 Å². The van der Waals surface area contributed by atoms with Crippen molar-refractivity contribution >= 4 is 17.7 Å². The first-order valence-corrected chi connectivity index (χ1v) is 3.97. The zero-order valence-corrected chi connectivity index (χ0v) is 7.25. The maximum atomic E-state index is 5.39. The third kappa shape index (κ3) is 1.92. The quantitative estimate of drug-likeness (QED) is 0.717. The lowest BCUT2D eigenvalue weighted by Gasteiger charge is -2.01. The Morgan fingerprint density at radius 2 is 2.07 bits per heavy atom. The van der Waals surface area contributed by atoms with Crippen LogP contribution in [0.15, 0.2) is 30.7 Å². The number of pyridine rings is 1. The van der Waals surface area contributed by atoms with Gasteiger partial charge in [-0.05, 0) is 12.1 Å². The topological polar surface area (TPSA) is 89.6 Å². The van der Waals surface area contributed by atoms with Gasteiger partial charge in [-0.15, -0.1) is 0 Å². The highest BCUT2D eigenvalue weighted by Crippen LogP contribution is 2.07. The lowest BCUT2D eigenvalue weighted by Crippen LogP contribution is -2.02. The summed E-state index contributed by atoms with van der Waals surface area (Å²) >= 11 is 0. The molecule has 2 aromatic rings. The Kier molecular flexibility index (Phi) is 2.18. The minimum absolute atomic E-state index is 0.179. The molecule has 2 heterocycles. The molecule has 0 radical (unpaired) electrons. The minimum Gasteiger partial charge on any atom is -0.368 e. The number of rotatable bonds is 2. The van der Waals surface area contributed by atoms with Crippen LogP contribution in [-0.4, -0.2) is 19.9 Å². The fraction of sp³-hybridized carbons (Fsp3) is 0. The summed E-state index contributed by atoms with van der Waals surface area (Å²) in [6.07, 6.45) is 3.01. The summed E-state index contributed by atoms with van der Waals surface area (Å²) in [5.74, 6) is 1.23. The molecular weight excluding hydrogens is 180 g/mol. The second kappa shape index (κ2) is 3.65. The van der Waals surface area contributed by atoms with E-state index in [-0.39, 0.29) is 5.95 Å². The lowest BCUT2D eigenvalue weighted by molar-refractivity contribution is 1.06. The first kappa shape index (κ1) is 8.36. The van der Waals surface area contributed by atoms with E-state index in [0.29, 0.717) is 11.8 Å². The van der Waals surface area contributed by atoms with Gasteiger partial charge in [-0.1, -0.05) is 6.07 Å². The molecule has 0 saturated heterocycles. The maximum absolute atomic E-state index is 5.39. The zero-order valence-electron chi connectivity index (χ0n) is 7.25. The normalized spacial score (nSPS) is 9.71. The summed E-state index contributed by atoms with van der Waals surface area (Å²) in [5.41, 5.74) is 5.39. The Bertz CT molecular complexity index is 415. The van der Waals surface area contributed by atoms with Gasteiger partial charge in [0, 0.05) is 6.20 Å². The van der Waals surface area contributed by atoms with Crippen molar-refractivity contribution in [2.24, 2.45) is 0 Å². The number of hydrogen-bond acceptors (Lipinski definition) is 6. The van der Waals surface area contributed by atoms with Gasteiger partial charge in [0.1, 0.15) is 12.1 Å². The average Bonchev–Trinajstić information content (AvgIpc) is 2.19. The Labute approximate surface area is 80.3 Å². The van der Waals surface area contributed by atoms with Crippen LogP contribution in [0.3, 0.4) is 0 Å². The van der Waals surface area contributed by atoms with E-state index in [4.69, 9.17) is 5.73 Å². The van der Waals surface area contributed by atoms with Crippen molar-refractivity contribution in [2.75, 3.05) is 11.1 Å². The minimum atomic E-state index is 0.179. The molecule has 6 nitrogen and oxygen atoms in total. The van der Waals surface area contributed by atoms with Crippen molar-refractivity contribution in [3.05, 3.63) is 30.7 Å². The number of nitrogen functional groups attached to an aromatic ring is 1. The predicted molar refractivity (Wildman–Crippen MR) is 51.8 cm³/mol. The summed E-state index contributed by atoms with van der Waals surface area (Å²) in [7, 11) is 0. The second-order valence-electron chi connectivity index (χ2n) is 2.51. The molecule has 3 N–H and O–H groups in total. The molecule has 0 aliphatic carbocycles. The Hall–Kier alpha value is -2.24. The van der Waals surface area contributed by atoms with Gasteiger partial charge in [-0.3, -0.25) is 0 Å². The molecule has 0 amide bonds. The van der Waals surface area contributed by atoms with Crippen LogP contribution in [0, 0.1) is 0 Å². The average molecular weight is 188 g/mol. The summed E-state index contributed by atoms with van der Waals surface area (Å²) in [6, 6.07) is 5.49. The van der Waals surface area contributed by atoms with Crippen molar-refractivity contribution < 1.29 is 0 Å². The van der Waals surface area contributed by atoms with Crippen LogP contribution < -0.4 is 11.1 Å². The van der Waals surface area contributed by atoms with Crippen molar-refractivity contribution in [3.8, 4) is 0 Å². The number of anilines is 3. The number of aromatic nitrogens is 4.